The zero-order valence-electron chi connectivity index (χ0n) is 10.2. The molecule has 94 valence electrons. The van der Waals surface area contributed by atoms with Gasteiger partial charge < -0.3 is 15.8 Å². The number of nitrogen functional groups attached to an aromatic ring is 1. The summed E-state index contributed by atoms with van der Waals surface area (Å²) in [6.07, 6.45) is 4.37. The molecule has 1 unspecified atom stereocenters. The van der Waals surface area contributed by atoms with E-state index in [1.165, 1.54) is 0 Å². The average molecular weight is 243 g/mol. The van der Waals surface area contributed by atoms with Crippen LogP contribution in [-0.4, -0.2) is 24.2 Å². The van der Waals surface area contributed by atoms with Crippen LogP contribution < -0.4 is 11.1 Å². The maximum absolute atomic E-state index is 6.03. The van der Waals surface area contributed by atoms with Crippen LogP contribution in [0.5, 0.6) is 0 Å². The fourth-order valence-corrected chi connectivity index (χ4v) is 2.41. The van der Waals surface area contributed by atoms with Gasteiger partial charge in [-0.1, -0.05) is 12.1 Å². The molecule has 3 rings (SSSR count). The van der Waals surface area contributed by atoms with E-state index < -0.39 is 0 Å². The molecule has 1 aliphatic rings. The molecular weight excluding hydrogens is 226 g/mol. The van der Waals surface area contributed by atoms with Gasteiger partial charge in [-0.15, -0.1) is 0 Å². The van der Waals surface area contributed by atoms with E-state index in [9.17, 15) is 0 Å². The van der Waals surface area contributed by atoms with E-state index in [2.05, 4.69) is 10.3 Å². The fraction of sp³-hybridized carbons (Fsp3) is 0.357. The van der Waals surface area contributed by atoms with Crippen LogP contribution in [0.25, 0.3) is 10.8 Å². The molecule has 1 aromatic carbocycles. The second-order valence-electron chi connectivity index (χ2n) is 4.62. The molecular formula is C14H17N3O. The van der Waals surface area contributed by atoms with Crippen molar-refractivity contribution in [2.45, 2.75) is 18.9 Å². The minimum Gasteiger partial charge on any atom is -0.398 e. The van der Waals surface area contributed by atoms with Crippen LogP contribution in [0.4, 0.5) is 11.5 Å². The number of nitrogens with two attached hydrogens (primary N) is 1. The summed E-state index contributed by atoms with van der Waals surface area (Å²) in [5, 5.41) is 5.46. The zero-order valence-corrected chi connectivity index (χ0v) is 10.2. The molecule has 18 heavy (non-hydrogen) atoms. The Labute approximate surface area is 106 Å². The molecule has 1 saturated heterocycles. The summed E-state index contributed by atoms with van der Waals surface area (Å²) in [5.41, 5.74) is 6.79. The monoisotopic (exact) mass is 243 g/mol. The van der Waals surface area contributed by atoms with Crippen LogP contribution in [0.15, 0.2) is 30.5 Å². The van der Waals surface area contributed by atoms with Crippen molar-refractivity contribution in [3.63, 3.8) is 0 Å². The topological polar surface area (TPSA) is 60.2 Å². The maximum Gasteiger partial charge on any atom is 0.135 e. The van der Waals surface area contributed by atoms with E-state index in [0.29, 0.717) is 6.10 Å². The van der Waals surface area contributed by atoms with Crippen molar-refractivity contribution in [1.29, 1.82) is 0 Å². The predicted octanol–water partition coefficient (Wildman–Crippen LogP) is 2.41. The molecule has 0 amide bonds. The number of benzene rings is 1. The standard InChI is InChI=1S/C14H17N3O/c15-12-5-1-3-10-6-7-16-14(13(10)12)17-9-11-4-2-8-18-11/h1,3,5-7,11H,2,4,8-9,15H2,(H,16,17). The van der Waals surface area contributed by atoms with Crippen molar-refractivity contribution in [1.82, 2.24) is 4.98 Å². The Morgan fingerprint density at radius 2 is 2.33 bits per heavy atom. The van der Waals surface area contributed by atoms with Crippen LogP contribution in [-0.2, 0) is 4.74 Å². The maximum atomic E-state index is 6.03. The van der Waals surface area contributed by atoms with E-state index >= 15 is 0 Å². The number of rotatable bonds is 3. The lowest BCUT2D eigenvalue weighted by molar-refractivity contribution is 0.120. The highest BCUT2D eigenvalue weighted by Crippen LogP contribution is 2.27. The van der Waals surface area contributed by atoms with Crippen LogP contribution in [0.3, 0.4) is 0 Å². The van der Waals surface area contributed by atoms with E-state index in [1.54, 1.807) is 6.20 Å². The van der Waals surface area contributed by atoms with Gasteiger partial charge in [-0.2, -0.15) is 0 Å². The van der Waals surface area contributed by atoms with Gasteiger partial charge in [-0.3, -0.25) is 0 Å². The van der Waals surface area contributed by atoms with Gasteiger partial charge in [0.1, 0.15) is 5.82 Å². The fourth-order valence-electron chi connectivity index (χ4n) is 2.41. The number of hydrogen-bond acceptors (Lipinski definition) is 4. The third-order valence-electron chi connectivity index (χ3n) is 3.34. The number of fused-ring (bicyclic) bond motifs is 1. The number of nitrogens with one attached hydrogen (secondary N) is 1. The molecule has 1 aromatic heterocycles. The first-order valence-electron chi connectivity index (χ1n) is 6.33. The predicted molar refractivity (Wildman–Crippen MR) is 73.6 cm³/mol. The summed E-state index contributed by atoms with van der Waals surface area (Å²) >= 11 is 0. The number of hydrogen-bond donors (Lipinski definition) is 2. The van der Waals surface area contributed by atoms with Gasteiger partial charge in [0, 0.05) is 30.4 Å². The summed E-state index contributed by atoms with van der Waals surface area (Å²) in [5.74, 6) is 0.848. The second kappa shape index (κ2) is 4.82. The van der Waals surface area contributed by atoms with Crippen molar-refractivity contribution in [2.75, 3.05) is 24.2 Å². The highest BCUT2D eigenvalue weighted by molar-refractivity contribution is 6.00. The Morgan fingerprint density at radius 1 is 1.39 bits per heavy atom. The molecule has 0 radical (unpaired) electrons. The Kier molecular flexibility index (Phi) is 3.02. The molecule has 2 aromatic rings. The Morgan fingerprint density at radius 3 is 3.17 bits per heavy atom. The second-order valence-corrected chi connectivity index (χ2v) is 4.62. The lowest BCUT2D eigenvalue weighted by atomic mass is 10.1. The molecule has 3 N–H and O–H groups in total. The Hall–Kier alpha value is -1.81. The van der Waals surface area contributed by atoms with Gasteiger partial charge in [0.25, 0.3) is 0 Å². The highest BCUT2D eigenvalue weighted by Gasteiger charge is 2.15. The zero-order chi connectivity index (χ0) is 12.4. The molecule has 0 aliphatic carbocycles. The summed E-state index contributed by atoms with van der Waals surface area (Å²) in [6.45, 7) is 1.66. The molecule has 0 saturated carbocycles. The van der Waals surface area contributed by atoms with Gasteiger partial charge in [0.2, 0.25) is 0 Å². The number of anilines is 2. The average Bonchev–Trinajstić information content (AvgIpc) is 2.89. The van der Waals surface area contributed by atoms with E-state index in [1.807, 2.05) is 24.3 Å². The van der Waals surface area contributed by atoms with Crippen molar-refractivity contribution >= 4 is 22.3 Å². The van der Waals surface area contributed by atoms with Gasteiger partial charge in [-0.05, 0) is 30.4 Å². The normalized spacial score (nSPS) is 19.2. The smallest absolute Gasteiger partial charge is 0.135 e. The SMILES string of the molecule is Nc1cccc2ccnc(NCC3CCCO3)c12. The lowest BCUT2D eigenvalue weighted by Gasteiger charge is -2.13. The molecule has 2 heterocycles. The summed E-state index contributed by atoms with van der Waals surface area (Å²) in [6, 6.07) is 7.89. The molecule has 1 fully saturated rings. The Bertz CT molecular complexity index is 544. The molecule has 1 atom stereocenters. The van der Waals surface area contributed by atoms with Gasteiger partial charge in [-0.25, -0.2) is 4.98 Å². The summed E-state index contributed by atoms with van der Waals surface area (Å²) < 4.78 is 5.60. The first kappa shape index (κ1) is 11.3. The number of nitrogens with zero attached hydrogens (tertiary/aromatic N) is 1. The van der Waals surface area contributed by atoms with Crippen molar-refractivity contribution in [3.8, 4) is 0 Å². The first-order chi connectivity index (χ1) is 8.84. The van der Waals surface area contributed by atoms with Gasteiger partial charge >= 0.3 is 0 Å². The quantitative estimate of drug-likeness (QED) is 0.813. The number of aromatic nitrogens is 1. The molecule has 0 spiro atoms. The largest absolute Gasteiger partial charge is 0.398 e. The third-order valence-corrected chi connectivity index (χ3v) is 3.34. The van der Waals surface area contributed by atoms with Crippen LogP contribution >= 0.6 is 0 Å². The Balaban J connectivity index is 1.86. The molecule has 1 aliphatic heterocycles. The van der Waals surface area contributed by atoms with Crippen molar-refractivity contribution < 1.29 is 4.74 Å². The van der Waals surface area contributed by atoms with E-state index in [0.717, 1.165) is 48.3 Å². The molecule has 4 nitrogen and oxygen atoms in total. The van der Waals surface area contributed by atoms with Crippen LogP contribution in [0.2, 0.25) is 0 Å². The minimum atomic E-state index is 0.298. The lowest BCUT2D eigenvalue weighted by Crippen LogP contribution is -2.19. The first-order valence-corrected chi connectivity index (χ1v) is 6.33. The number of pyridine rings is 1. The van der Waals surface area contributed by atoms with Crippen LogP contribution in [0.1, 0.15) is 12.8 Å². The molecule has 4 heteroatoms. The van der Waals surface area contributed by atoms with E-state index in [4.69, 9.17) is 10.5 Å². The summed E-state index contributed by atoms with van der Waals surface area (Å²) in [7, 11) is 0. The van der Waals surface area contributed by atoms with Gasteiger partial charge in [0.15, 0.2) is 0 Å². The van der Waals surface area contributed by atoms with E-state index in [-0.39, 0.29) is 0 Å². The van der Waals surface area contributed by atoms with Crippen LogP contribution in [0, 0.1) is 0 Å². The third kappa shape index (κ3) is 2.11. The summed E-state index contributed by atoms with van der Waals surface area (Å²) in [4.78, 5) is 4.38. The van der Waals surface area contributed by atoms with Gasteiger partial charge in [0.05, 0.1) is 6.10 Å². The van der Waals surface area contributed by atoms with Crippen molar-refractivity contribution in [2.24, 2.45) is 0 Å². The number of ether oxygens (including phenoxy) is 1. The highest BCUT2D eigenvalue weighted by atomic mass is 16.5. The molecule has 0 bridgehead atoms. The van der Waals surface area contributed by atoms with Crippen molar-refractivity contribution in [3.05, 3.63) is 30.5 Å². The minimum absolute atomic E-state index is 0.298.